The molecule has 0 aliphatic carbocycles. The zero-order chi connectivity index (χ0) is 8.55. The van der Waals surface area contributed by atoms with Gasteiger partial charge in [-0.25, -0.2) is 4.39 Å². The van der Waals surface area contributed by atoms with Crippen molar-refractivity contribution in [3.05, 3.63) is 35.8 Å². The standard InChI is InChI=1S/C9H5FO2/c10-7-2-1-6-3-8(5-11)12-9(6)4-7/h1-5H. The van der Waals surface area contributed by atoms with Gasteiger partial charge in [0.05, 0.1) is 0 Å². The lowest BCUT2D eigenvalue weighted by Crippen LogP contribution is -1.69. The number of halogens is 1. The van der Waals surface area contributed by atoms with Gasteiger partial charge in [-0.2, -0.15) is 0 Å². The van der Waals surface area contributed by atoms with Crippen LogP contribution in [0.2, 0.25) is 0 Å². The van der Waals surface area contributed by atoms with Crippen molar-refractivity contribution in [3.63, 3.8) is 0 Å². The highest BCUT2D eigenvalue weighted by Gasteiger charge is 2.02. The van der Waals surface area contributed by atoms with Crippen molar-refractivity contribution in [1.29, 1.82) is 0 Å². The molecule has 0 atom stereocenters. The first-order valence-electron chi connectivity index (χ1n) is 3.44. The summed E-state index contributed by atoms with van der Waals surface area (Å²) in [6.07, 6.45) is 0.595. The van der Waals surface area contributed by atoms with E-state index in [1.807, 2.05) is 0 Å². The van der Waals surface area contributed by atoms with Gasteiger partial charge in [0, 0.05) is 11.5 Å². The van der Waals surface area contributed by atoms with Crippen LogP contribution in [0.1, 0.15) is 10.6 Å². The van der Waals surface area contributed by atoms with E-state index in [9.17, 15) is 9.18 Å². The lowest BCUT2D eigenvalue weighted by molar-refractivity contribution is 0.110. The minimum Gasteiger partial charge on any atom is -0.453 e. The Labute approximate surface area is 67.6 Å². The highest BCUT2D eigenvalue weighted by atomic mass is 19.1. The molecule has 2 aromatic rings. The molecule has 1 heterocycles. The van der Waals surface area contributed by atoms with E-state index < -0.39 is 0 Å². The van der Waals surface area contributed by atoms with Crippen LogP contribution < -0.4 is 0 Å². The molecule has 3 heteroatoms. The van der Waals surface area contributed by atoms with Crippen LogP contribution >= 0.6 is 0 Å². The van der Waals surface area contributed by atoms with Crippen molar-refractivity contribution in [3.8, 4) is 0 Å². The summed E-state index contributed by atoms with van der Waals surface area (Å²) < 4.78 is 17.6. The lowest BCUT2D eigenvalue weighted by atomic mass is 10.2. The Hall–Kier alpha value is -1.64. The van der Waals surface area contributed by atoms with Crippen molar-refractivity contribution in [2.24, 2.45) is 0 Å². The Balaban J connectivity index is 2.75. The van der Waals surface area contributed by atoms with Gasteiger partial charge < -0.3 is 4.42 Å². The van der Waals surface area contributed by atoms with Crippen LogP contribution in [0.3, 0.4) is 0 Å². The molecule has 1 aromatic carbocycles. The van der Waals surface area contributed by atoms with Crippen molar-refractivity contribution in [2.75, 3.05) is 0 Å². The summed E-state index contributed by atoms with van der Waals surface area (Å²) in [5.74, 6) is -0.148. The molecule has 0 spiro atoms. The molecular weight excluding hydrogens is 159 g/mol. The highest BCUT2D eigenvalue weighted by Crippen LogP contribution is 2.18. The second-order valence-corrected chi connectivity index (χ2v) is 2.45. The Kier molecular flexibility index (Phi) is 1.43. The minimum atomic E-state index is -0.366. The van der Waals surface area contributed by atoms with E-state index in [1.54, 1.807) is 12.1 Å². The largest absolute Gasteiger partial charge is 0.453 e. The van der Waals surface area contributed by atoms with E-state index in [-0.39, 0.29) is 11.6 Å². The number of carbonyl (C=O) groups excluding carboxylic acids is 1. The summed E-state index contributed by atoms with van der Waals surface area (Å²) >= 11 is 0. The van der Waals surface area contributed by atoms with Crippen LogP contribution in [0.5, 0.6) is 0 Å². The topological polar surface area (TPSA) is 30.2 Å². The molecule has 0 aliphatic heterocycles. The van der Waals surface area contributed by atoms with E-state index >= 15 is 0 Å². The van der Waals surface area contributed by atoms with Crippen LogP contribution in [0.25, 0.3) is 11.0 Å². The molecule has 60 valence electrons. The second kappa shape index (κ2) is 2.44. The fourth-order valence-corrected chi connectivity index (χ4v) is 1.08. The molecule has 0 saturated carbocycles. The zero-order valence-corrected chi connectivity index (χ0v) is 6.08. The van der Waals surface area contributed by atoms with E-state index in [1.165, 1.54) is 12.1 Å². The first kappa shape index (κ1) is 7.03. The minimum absolute atomic E-state index is 0.218. The molecule has 0 fully saturated rings. The van der Waals surface area contributed by atoms with E-state index in [0.29, 0.717) is 11.9 Å². The zero-order valence-electron chi connectivity index (χ0n) is 6.08. The van der Waals surface area contributed by atoms with Crippen LogP contribution in [-0.4, -0.2) is 6.29 Å². The third kappa shape index (κ3) is 0.993. The smallest absolute Gasteiger partial charge is 0.185 e. The first-order valence-corrected chi connectivity index (χ1v) is 3.44. The average Bonchev–Trinajstić information content (AvgIpc) is 2.46. The molecule has 0 unspecified atom stereocenters. The van der Waals surface area contributed by atoms with Gasteiger partial charge in [0.25, 0.3) is 0 Å². The Bertz CT molecular complexity index is 431. The normalized spacial score (nSPS) is 10.4. The number of rotatable bonds is 1. The van der Waals surface area contributed by atoms with Gasteiger partial charge in [-0.05, 0) is 18.2 Å². The molecule has 1 aromatic heterocycles. The van der Waals surface area contributed by atoms with Crippen LogP contribution in [0, 0.1) is 5.82 Å². The molecule has 0 amide bonds. The summed E-state index contributed by atoms with van der Waals surface area (Å²) in [6, 6.07) is 5.72. The Morgan fingerprint density at radius 2 is 2.17 bits per heavy atom. The summed E-state index contributed by atoms with van der Waals surface area (Å²) in [4.78, 5) is 10.3. The van der Waals surface area contributed by atoms with Crippen LogP contribution in [0.4, 0.5) is 4.39 Å². The lowest BCUT2D eigenvalue weighted by Gasteiger charge is -1.86. The third-order valence-corrected chi connectivity index (χ3v) is 1.62. The monoisotopic (exact) mass is 164 g/mol. The van der Waals surface area contributed by atoms with Gasteiger partial charge in [0.15, 0.2) is 12.0 Å². The Morgan fingerprint density at radius 3 is 2.92 bits per heavy atom. The highest BCUT2D eigenvalue weighted by molar-refractivity contribution is 5.84. The van der Waals surface area contributed by atoms with Crippen molar-refractivity contribution in [2.45, 2.75) is 0 Å². The van der Waals surface area contributed by atoms with E-state index in [2.05, 4.69) is 0 Å². The van der Waals surface area contributed by atoms with Crippen LogP contribution in [-0.2, 0) is 0 Å². The molecule has 0 bridgehead atoms. The number of benzene rings is 1. The van der Waals surface area contributed by atoms with Crippen LogP contribution in [0.15, 0.2) is 28.7 Å². The fraction of sp³-hybridized carbons (Fsp3) is 0. The fourth-order valence-electron chi connectivity index (χ4n) is 1.08. The molecule has 2 nitrogen and oxygen atoms in total. The molecule has 0 N–H and O–H groups in total. The molecular formula is C9H5FO2. The number of carbonyl (C=O) groups is 1. The molecule has 2 rings (SSSR count). The van der Waals surface area contributed by atoms with E-state index in [0.717, 1.165) is 5.39 Å². The number of hydrogen-bond donors (Lipinski definition) is 0. The summed E-state index contributed by atoms with van der Waals surface area (Å²) in [5, 5.41) is 0.735. The predicted molar refractivity (Wildman–Crippen MR) is 41.6 cm³/mol. The summed E-state index contributed by atoms with van der Waals surface area (Å²) in [5.41, 5.74) is 0.400. The maximum atomic E-state index is 12.6. The SMILES string of the molecule is O=Cc1cc2ccc(F)cc2o1. The molecule has 0 radical (unpaired) electrons. The van der Waals surface area contributed by atoms with E-state index in [4.69, 9.17) is 4.42 Å². The summed E-state index contributed by atoms with van der Waals surface area (Å²) in [6.45, 7) is 0. The van der Waals surface area contributed by atoms with Crippen molar-refractivity contribution >= 4 is 17.3 Å². The average molecular weight is 164 g/mol. The predicted octanol–water partition coefficient (Wildman–Crippen LogP) is 2.38. The molecule has 0 saturated heterocycles. The molecule has 0 aliphatic rings. The quantitative estimate of drug-likeness (QED) is 0.605. The summed E-state index contributed by atoms with van der Waals surface area (Å²) in [7, 11) is 0. The number of aldehydes is 1. The van der Waals surface area contributed by atoms with Gasteiger partial charge in [-0.3, -0.25) is 4.79 Å². The Morgan fingerprint density at radius 1 is 1.33 bits per heavy atom. The number of fused-ring (bicyclic) bond motifs is 1. The number of furan rings is 1. The first-order chi connectivity index (χ1) is 5.79. The maximum Gasteiger partial charge on any atom is 0.185 e. The van der Waals surface area contributed by atoms with Crippen molar-refractivity contribution < 1.29 is 13.6 Å². The van der Waals surface area contributed by atoms with Gasteiger partial charge >= 0.3 is 0 Å². The second-order valence-electron chi connectivity index (χ2n) is 2.45. The van der Waals surface area contributed by atoms with Gasteiger partial charge in [0.1, 0.15) is 11.4 Å². The number of hydrogen-bond acceptors (Lipinski definition) is 2. The van der Waals surface area contributed by atoms with Gasteiger partial charge in [0.2, 0.25) is 0 Å². The van der Waals surface area contributed by atoms with Gasteiger partial charge in [-0.1, -0.05) is 0 Å². The molecule has 12 heavy (non-hydrogen) atoms. The van der Waals surface area contributed by atoms with Crippen molar-refractivity contribution in [1.82, 2.24) is 0 Å². The van der Waals surface area contributed by atoms with Gasteiger partial charge in [-0.15, -0.1) is 0 Å². The third-order valence-electron chi connectivity index (χ3n) is 1.62. The maximum absolute atomic E-state index is 12.6.